The van der Waals surface area contributed by atoms with E-state index >= 15 is 0 Å². The SMILES string of the molecule is CC1CCCN1S(=O)(=O)CCCN. The second kappa shape index (κ2) is 4.39. The molecule has 2 N–H and O–H groups in total. The lowest BCUT2D eigenvalue weighted by Crippen LogP contribution is -2.35. The van der Waals surface area contributed by atoms with Gasteiger partial charge in [-0.3, -0.25) is 0 Å². The summed E-state index contributed by atoms with van der Waals surface area (Å²) in [6.45, 7) is 3.10. The molecule has 13 heavy (non-hydrogen) atoms. The summed E-state index contributed by atoms with van der Waals surface area (Å²) in [6, 6.07) is 0.183. The van der Waals surface area contributed by atoms with Crippen molar-refractivity contribution in [2.24, 2.45) is 5.73 Å². The Bertz CT molecular complexity index is 251. The monoisotopic (exact) mass is 206 g/mol. The molecule has 1 rings (SSSR count). The van der Waals surface area contributed by atoms with Crippen molar-refractivity contribution in [1.82, 2.24) is 4.31 Å². The summed E-state index contributed by atoms with van der Waals surface area (Å²) < 4.78 is 25.0. The van der Waals surface area contributed by atoms with Crippen LogP contribution in [-0.4, -0.2) is 37.6 Å². The van der Waals surface area contributed by atoms with Crippen LogP contribution in [0.3, 0.4) is 0 Å². The molecule has 0 amide bonds. The molecule has 0 spiro atoms. The Labute approximate surface area is 80.1 Å². The molecule has 0 aromatic heterocycles. The van der Waals surface area contributed by atoms with Crippen LogP contribution in [0.2, 0.25) is 0 Å². The molecule has 0 radical (unpaired) electrons. The van der Waals surface area contributed by atoms with Gasteiger partial charge in [0.1, 0.15) is 0 Å². The van der Waals surface area contributed by atoms with E-state index in [0.29, 0.717) is 19.5 Å². The average Bonchev–Trinajstić information content (AvgIpc) is 2.48. The minimum Gasteiger partial charge on any atom is -0.330 e. The first kappa shape index (κ1) is 10.9. The second-order valence-electron chi connectivity index (χ2n) is 3.56. The molecule has 1 heterocycles. The standard InChI is InChI=1S/C8H18N2O2S/c1-8-4-2-6-10(8)13(11,12)7-3-5-9/h8H,2-7,9H2,1H3. The average molecular weight is 206 g/mol. The van der Waals surface area contributed by atoms with Crippen LogP contribution in [0, 0.1) is 0 Å². The van der Waals surface area contributed by atoms with E-state index in [9.17, 15) is 8.42 Å². The Morgan fingerprint density at radius 2 is 2.23 bits per heavy atom. The lowest BCUT2D eigenvalue weighted by molar-refractivity contribution is 0.407. The zero-order valence-electron chi connectivity index (χ0n) is 8.07. The van der Waals surface area contributed by atoms with Crippen molar-refractivity contribution >= 4 is 10.0 Å². The maximum absolute atomic E-state index is 11.7. The maximum Gasteiger partial charge on any atom is 0.214 e. The topological polar surface area (TPSA) is 63.4 Å². The highest BCUT2D eigenvalue weighted by molar-refractivity contribution is 7.89. The number of nitrogens with zero attached hydrogens (tertiary/aromatic N) is 1. The van der Waals surface area contributed by atoms with Gasteiger partial charge in [-0.05, 0) is 32.7 Å². The van der Waals surface area contributed by atoms with E-state index in [2.05, 4.69) is 0 Å². The van der Waals surface area contributed by atoms with E-state index in [1.807, 2.05) is 6.92 Å². The summed E-state index contributed by atoms with van der Waals surface area (Å²) in [5.74, 6) is 0.202. The predicted molar refractivity (Wildman–Crippen MR) is 52.9 cm³/mol. The Morgan fingerprint density at radius 1 is 1.54 bits per heavy atom. The molecule has 0 bridgehead atoms. The van der Waals surface area contributed by atoms with Gasteiger partial charge in [0.2, 0.25) is 10.0 Å². The van der Waals surface area contributed by atoms with Crippen molar-refractivity contribution in [2.45, 2.75) is 32.2 Å². The van der Waals surface area contributed by atoms with Crippen molar-refractivity contribution in [3.63, 3.8) is 0 Å². The molecule has 0 aliphatic carbocycles. The zero-order chi connectivity index (χ0) is 9.90. The van der Waals surface area contributed by atoms with Crippen LogP contribution in [0.25, 0.3) is 0 Å². The van der Waals surface area contributed by atoms with Gasteiger partial charge in [0.25, 0.3) is 0 Å². The number of hydrogen-bond donors (Lipinski definition) is 1. The van der Waals surface area contributed by atoms with E-state index < -0.39 is 10.0 Å². The van der Waals surface area contributed by atoms with Gasteiger partial charge in [-0.15, -0.1) is 0 Å². The Hall–Kier alpha value is -0.130. The van der Waals surface area contributed by atoms with Crippen molar-refractivity contribution in [2.75, 3.05) is 18.8 Å². The van der Waals surface area contributed by atoms with Crippen molar-refractivity contribution in [3.05, 3.63) is 0 Å². The second-order valence-corrected chi connectivity index (χ2v) is 5.60. The highest BCUT2D eigenvalue weighted by Crippen LogP contribution is 2.20. The predicted octanol–water partition coefficient (Wildman–Crippen LogP) is 0.149. The van der Waals surface area contributed by atoms with Crippen molar-refractivity contribution in [3.8, 4) is 0 Å². The van der Waals surface area contributed by atoms with Gasteiger partial charge in [0.15, 0.2) is 0 Å². The normalized spacial score (nSPS) is 25.2. The number of rotatable bonds is 4. The van der Waals surface area contributed by atoms with Crippen molar-refractivity contribution < 1.29 is 8.42 Å². The number of hydrogen-bond acceptors (Lipinski definition) is 3. The van der Waals surface area contributed by atoms with E-state index in [1.54, 1.807) is 4.31 Å². The first-order valence-corrected chi connectivity index (χ1v) is 6.38. The lowest BCUT2D eigenvalue weighted by Gasteiger charge is -2.20. The molecule has 0 saturated carbocycles. The van der Waals surface area contributed by atoms with Crippen molar-refractivity contribution in [1.29, 1.82) is 0 Å². The minimum atomic E-state index is -3.02. The Kier molecular flexibility index (Phi) is 3.70. The summed E-state index contributed by atoms with van der Waals surface area (Å²) in [6.07, 6.45) is 2.54. The summed E-state index contributed by atoms with van der Waals surface area (Å²) in [4.78, 5) is 0. The molecule has 78 valence electrons. The molecular weight excluding hydrogens is 188 g/mol. The zero-order valence-corrected chi connectivity index (χ0v) is 8.89. The van der Waals surface area contributed by atoms with Crippen LogP contribution in [0.5, 0.6) is 0 Å². The van der Waals surface area contributed by atoms with Gasteiger partial charge in [-0.1, -0.05) is 0 Å². The first-order chi connectivity index (χ1) is 6.08. The molecule has 0 aromatic carbocycles. The van der Waals surface area contributed by atoms with Crippen LogP contribution in [0.15, 0.2) is 0 Å². The van der Waals surface area contributed by atoms with E-state index in [4.69, 9.17) is 5.73 Å². The molecule has 1 aliphatic heterocycles. The summed E-state index contributed by atoms with van der Waals surface area (Å²) in [5.41, 5.74) is 5.29. The molecule has 1 aliphatic rings. The highest BCUT2D eigenvalue weighted by Gasteiger charge is 2.30. The van der Waals surface area contributed by atoms with Gasteiger partial charge in [0.05, 0.1) is 5.75 Å². The molecule has 4 nitrogen and oxygen atoms in total. The molecular formula is C8H18N2O2S. The Morgan fingerprint density at radius 3 is 2.69 bits per heavy atom. The lowest BCUT2D eigenvalue weighted by atomic mass is 10.3. The molecule has 5 heteroatoms. The number of nitrogens with two attached hydrogens (primary N) is 1. The quantitative estimate of drug-likeness (QED) is 0.712. The fourth-order valence-corrected chi connectivity index (χ4v) is 3.53. The van der Waals surface area contributed by atoms with Crippen LogP contribution in [0.1, 0.15) is 26.2 Å². The molecule has 1 fully saturated rings. The molecule has 1 unspecified atom stereocenters. The third kappa shape index (κ3) is 2.65. The largest absolute Gasteiger partial charge is 0.330 e. The van der Waals surface area contributed by atoms with Crippen LogP contribution in [-0.2, 0) is 10.0 Å². The van der Waals surface area contributed by atoms with Crippen LogP contribution < -0.4 is 5.73 Å². The molecule has 0 aromatic rings. The third-order valence-corrected chi connectivity index (χ3v) is 4.52. The van der Waals surface area contributed by atoms with Gasteiger partial charge in [0, 0.05) is 12.6 Å². The fourth-order valence-electron chi connectivity index (χ4n) is 1.70. The summed E-state index contributed by atoms with van der Waals surface area (Å²) in [7, 11) is -3.02. The fraction of sp³-hybridized carbons (Fsp3) is 1.00. The smallest absolute Gasteiger partial charge is 0.214 e. The van der Waals surface area contributed by atoms with E-state index in [0.717, 1.165) is 12.8 Å². The van der Waals surface area contributed by atoms with Gasteiger partial charge in [-0.2, -0.15) is 4.31 Å². The molecule has 1 saturated heterocycles. The Balaban J connectivity index is 2.58. The van der Waals surface area contributed by atoms with Gasteiger partial charge < -0.3 is 5.73 Å². The van der Waals surface area contributed by atoms with Gasteiger partial charge in [-0.25, -0.2) is 8.42 Å². The maximum atomic E-state index is 11.7. The van der Waals surface area contributed by atoms with Crippen LogP contribution in [0.4, 0.5) is 0 Å². The first-order valence-electron chi connectivity index (χ1n) is 4.77. The van der Waals surface area contributed by atoms with E-state index in [1.165, 1.54) is 0 Å². The summed E-state index contributed by atoms with van der Waals surface area (Å²) >= 11 is 0. The van der Waals surface area contributed by atoms with Gasteiger partial charge >= 0.3 is 0 Å². The van der Waals surface area contributed by atoms with Crippen LogP contribution >= 0.6 is 0 Å². The number of sulfonamides is 1. The highest BCUT2D eigenvalue weighted by atomic mass is 32.2. The third-order valence-electron chi connectivity index (χ3n) is 2.46. The molecule has 1 atom stereocenters. The summed E-state index contributed by atoms with van der Waals surface area (Å²) in [5, 5.41) is 0. The van der Waals surface area contributed by atoms with E-state index in [-0.39, 0.29) is 11.8 Å². The minimum absolute atomic E-state index is 0.183.